The van der Waals surface area contributed by atoms with Gasteiger partial charge in [0.15, 0.2) is 0 Å². The average molecular weight is 242 g/mol. The first-order valence-electron chi connectivity index (χ1n) is 7.08. The zero-order valence-electron chi connectivity index (χ0n) is 12.1. The van der Waals surface area contributed by atoms with Crippen molar-refractivity contribution in [1.82, 2.24) is 10.2 Å². The van der Waals surface area contributed by atoms with Gasteiger partial charge in [-0.3, -0.25) is 0 Å². The van der Waals surface area contributed by atoms with Gasteiger partial charge in [-0.15, -0.1) is 0 Å². The second kappa shape index (κ2) is 7.34. The molecule has 0 aliphatic carbocycles. The Bertz CT molecular complexity index is 208. The summed E-state index contributed by atoms with van der Waals surface area (Å²) in [7, 11) is 4.27. The van der Waals surface area contributed by atoms with Crippen LogP contribution >= 0.6 is 0 Å². The molecule has 0 radical (unpaired) electrons. The van der Waals surface area contributed by atoms with Gasteiger partial charge in [-0.25, -0.2) is 0 Å². The SMILES string of the molecule is CCC1(C)CC(NCCCCN(C)C)CCO1. The fourth-order valence-electron chi connectivity index (χ4n) is 2.41. The molecular weight excluding hydrogens is 212 g/mol. The van der Waals surface area contributed by atoms with E-state index >= 15 is 0 Å². The van der Waals surface area contributed by atoms with Crippen LogP contribution in [-0.2, 0) is 4.74 Å². The Morgan fingerprint density at radius 2 is 2.12 bits per heavy atom. The molecule has 0 aromatic heterocycles. The van der Waals surface area contributed by atoms with E-state index in [1.54, 1.807) is 0 Å². The standard InChI is InChI=1S/C14H30N2O/c1-5-14(2)12-13(8-11-17-14)15-9-6-7-10-16(3)4/h13,15H,5-12H2,1-4H3. The summed E-state index contributed by atoms with van der Waals surface area (Å²) in [5.41, 5.74) is 0.111. The van der Waals surface area contributed by atoms with Gasteiger partial charge in [0.25, 0.3) is 0 Å². The second-order valence-corrected chi connectivity index (χ2v) is 5.81. The lowest BCUT2D eigenvalue weighted by Gasteiger charge is -2.38. The highest BCUT2D eigenvalue weighted by molar-refractivity contribution is 4.85. The molecule has 2 atom stereocenters. The van der Waals surface area contributed by atoms with Gasteiger partial charge in [-0.2, -0.15) is 0 Å². The van der Waals surface area contributed by atoms with Crippen molar-refractivity contribution >= 4 is 0 Å². The van der Waals surface area contributed by atoms with Crippen molar-refractivity contribution in [2.45, 2.75) is 57.6 Å². The molecule has 1 N–H and O–H groups in total. The number of nitrogens with zero attached hydrogens (tertiary/aromatic N) is 1. The lowest BCUT2D eigenvalue weighted by Crippen LogP contribution is -2.45. The van der Waals surface area contributed by atoms with Crippen molar-refractivity contribution in [3.05, 3.63) is 0 Å². The first-order chi connectivity index (χ1) is 8.06. The van der Waals surface area contributed by atoms with E-state index in [1.165, 1.54) is 25.8 Å². The second-order valence-electron chi connectivity index (χ2n) is 5.81. The monoisotopic (exact) mass is 242 g/mol. The zero-order chi connectivity index (χ0) is 12.7. The third-order valence-corrected chi connectivity index (χ3v) is 3.81. The highest BCUT2D eigenvalue weighted by Crippen LogP contribution is 2.27. The van der Waals surface area contributed by atoms with Crippen LogP contribution < -0.4 is 5.32 Å². The zero-order valence-corrected chi connectivity index (χ0v) is 12.1. The highest BCUT2D eigenvalue weighted by Gasteiger charge is 2.30. The van der Waals surface area contributed by atoms with Gasteiger partial charge < -0.3 is 15.0 Å². The maximum atomic E-state index is 5.86. The van der Waals surface area contributed by atoms with Crippen molar-refractivity contribution in [3.8, 4) is 0 Å². The summed E-state index contributed by atoms with van der Waals surface area (Å²) in [5, 5.41) is 3.69. The molecule has 1 aliphatic rings. The number of rotatable bonds is 7. The van der Waals surface area contributed by atoms with E-state index in [0.717, 1.165) is 26.0 Å². The first-order valence-corrected chi connectivity index (χ1v) is 7.08. The van der Waals surface area contributed by atoms with E-state index in [-0.39, 0.29) is 5.60 Å². The fourth-order valence-corrected chi connectivity index (χ4v) is 2.41. The molecule has 0 amide bonds. The van der Waals surface area contributed by atoms with Gasteiger partial charge in [0, 0.05) is 12.6 Å². The maximum Gasteiger partial charge on any atom is 0.0666 e. The minimum Gasteiger partial charge on any atom is -0.375 e. The van der Waals surface area contributed by atoms with Crippen LogP contribution in [0.2, 0.25) is 0 Å². The topological polar surface area (TPSA) is 24.5 Å². The van der Waals surface area contributed by atoms with Crippen LogP contribution in [-0.4, -0.2) is 50.3 Å². The van der Waals surface area contributed by atoms with Crippen LogP contribution in [0.5, 0.6) is 0 Å². The normalized spacial score (nSPS) is 29.8. The molecule has 0 aromatic carbocycles. The molecule has 17 heavy (non-hydrogen) atoms. The number of ether oxygens (including phenoxy) is 1. The van der Waals surface area contributed by atoms with Gasteiger partial charge >= 0.3 is 0 Å². The van der Waals surface area contributed by atoms with Crippen LogP contribution in [0.25, 0.3) is 0 Å². The molecule has 0 aromatic rings. The molecule has 102 valence electrons. The Hall–Kier alpha value is -0.120. The quantitative estimate of drug-likeness (QED) is 0.693. The molecule has 2 unspecified atom stereocenters. The minimum absolute atomic E-state index is 0.111. The van der Waals surface area contributed by atoms with E-state index < -0.39 is 0 Å². The van der Waals surface area contributed by atoms with Crippen LogP contribution in [0.15, 0.2) is 0 Å². The third-order valence-electron chi connectivity index (χ3n) is 3.81. The third kappa shape index (κ3) is 5.84. The summed E-state index contributed by atoms with van der Waals surface area (Å²) in [6.45, 7) is 7.73. The Morgan fingerprint density at radius 3 is 2.76 bits per heavy atom. The van der Waals surface area contributed by atoms with Crippen LogP contribution in [0.1, 0.15) is 46.0 Å². The summed E-state index contributed by atoms with van der Waals surface area (Å²) in [5.74, 6) is 0. The van der Waals surface area contributed by atoms with E-state index in [4.69, 9.17) is 4.74 Å². The summed E-state index contributed by atoms with van der Waals surface area (Å²) in [6, 6.07) is 0.660. The van der Waals surface area contributed by atoms with Gasteiger partial charge in [-0.1, -0.05) is 6.92 Å². The van der Waals surface area contributed by atoms with Gasteiger partial charge in [0.1, 0.15) is 0 Å². The molecule has 3 nitrogen and oxygen atoms in total. The van der Waals surface area contributed by atoms with Crippen LogP contribution in [0, 0.1) is 0 Å². The van der Waals surface area contributed by atoms with Crippen molar-refractivity contribution < 1.29 is 4.74 Å². The van der Waals surface area contributed by atoms with Crippen molar-refractivity contribution in [3.63, 3.8) is 0 Å². The maximum absolute atomic E-state index is 5.86. The van der Waals surface area contributed by atoms with Crippen LogP contribution in [0.4, 0.5) is 0 Å². The van der Waals surface area contributed by atoms with E-state index in [0.29, 0.717) is 6.04 Å². The summed E-state index contributed by atoms with van der Waals surface area (Å²) >= 11 is 0. The van der Waals surface area contributed by atoms with Gasteiger partial charge in [-0.05, 0) is 66.2 Å². The van der Waals surface area contributed by atoms with E-state index in [2.05, 4.69) is 38.2 Å². The average Bonchev–Trinajstić information content (AvgIpc) is 2.28. The summed E-state index contributed by atoms with van der Waals surface area (Å²) < 4.78 is 5.86. The predicted octanol–water partition coefficient (Wildman–Crippen LogP) is 2.27. The molecule has 0 spiro atoms. The van der Waals surface area contributed by atoms with Gasteiger partial charge in [0.2, 0.25) is 0 Å². The molecule has 0 saturated carbocycles. The number of hydrogen-bond donors (Lipinski definition) is 1. The Kier molecular flexibility index (Phi) is 6.45. The Balaban J connectivity index is 2.11. The van der Waals surface area contributed by atoms with Crippen molar-refractivity contribution in [2.24, 2.45) is 0 Å². The lowest BCUT2D eigenvalue weighted by molar-refractivity contribution is -0.0778. The summed E-state index contributed by atoms with van der Waals surface area (Å²) in [6.07, 6.45) is 6.01. The molecule has 1 heterocycles. The fraction of sp³-hybridized carbons (Fsp3) is 1.00. The van der Waals surface area contributed by atoms with Crippen molar-refractivity contribution in [2.75, 3.05) is 33.8 Å². The number of hydrogen-bond acceptors (Lipinski definition) is 3. The first kappa shape index (κ1) is 14.9. The highest BCUT2D eigenvalue weighted by atomic mass is 16.5. The molecule has 1 saturated heterocycles. The smallest absolute Gasteiger partial charge is 0.0666 e. The largest absolute Gasteiger partial charge is 0.375 e. The molecule has 1 rings (SSSR count). The predicted molar refractivity (Wildman–Crippen MR) is 73.5 cm³/mol. The number of unbranched alkanes of at least 4 members (excludes halogenated alkanes) is 1. The Morgan fingerprint density at radius 1 is 1.35 bits per heavy atom. The van der Waals surface area contributed by atoms with Gasteiger partial charge in [0.05, 0.1) is 5.60 Å². The molecule has 0 bridgehead atoms. The lowest BCUT2D eigenvalue weighted by atomic mass is 9.90. The molecule has 1 aliphatic heterocycles. The summed E-state index contributed by atoms with van der Waals surface area (Å²) in [4.78, 5) is 2.25. The van der Waals surface area contributed by atoms with E-state index in [1.807, 2.05) is 0 Å². The minimum atomic E-state index is 0.111. The van der Waals surface area contributed by atoms with Crippen molar-refractivity contribution in [1.29, 1.82) is 0 Å². The van der Waals surface area contributed by atoms with E-state index in [9.17, 15) is 0 Å². The van der Waals surface area contributed by atoms with Crippen LogP contribution in [0.3, 0.4) is 0 Å². The Labute approximate surface area is 107 Å². The molecular formula is C14H30N2O. The molecule has 3 heteroatoms. The number of nitrogens with one attached hydrogen (secondary N) is 1. The molecule has 1 fully saturated rings.